The van der Waals surface area contributed by atoms with Gasteiger partial charge < -0.3 is 4.74 Å². The summed E-state index contributed by atoms with van der Waals surface area (Å²) in [4.78, 5) is 0. The highest BCUT2D eigenvalue weighted by Crippen LogP contribution is 2.33. The lowest BCUT2D eigenvalue weighted by Gasteiger charge is -2.22. The Labute approximate surface area is 91.9 Å². The molecule has 1 aromatic rings. The Morgan fingerprint density at radius 3 is 2.14 bits per heavy atom. The number of methoxy groups -OCH3 is 1. The largest absolute Gasteiger partial charge is 0.496 e. The molecule has 0 saturated carbocycles. The fraction of sp³-hybridized carbons (Fsp3) is 0.500. The maximum Gasteiger partial charge on any atom is 0.122 e. The molecule has 0 unspecified atom stereocenters. The number of thiol groups is 1. The van der Waals surface area contributed by atoms with E-state index in [1.807, 2.05) is 0 Å². The molecule has 0 N–H and O–H groups in total. The standard InChI is InChI=1S/C12H18OS/c1-8-7-11(13-5)9(2)6-10(8)12(3,4)14/h6-7,14H,1-5H3. The number of benzene rings is 1. The lowest BCUT2D eigenvalue weighted by Crippen LogP contribution is -2.10. The molecule has 0 fully saturated rings. The van der Waals surface area contributed by atoms with Gasteiger partial charge in [-0.15, -0.1) is 0 Å². The van der Waals surface area contributed by atoms with Gasteiger partial charge in [0, 0.05) is 4.75 Å². The zero-order valence-electron chi connectivity index (χ0n) is 9.51. The molecule has 0 heterocycles. The first-order valence-electron chi connectivity index (χ1n) is 4.74. The van der Waals surface area contributed by atoms with Crippen LogP contribution in [-0.4, -0.2) is 7.11 Å². The van der Waals surface area contributed by atoms with Crippen molar-refractivity contribution in [2.75, 3.05) is 7.11 Å². The van der Waals surface area contributed by atoms with Crippen LogP contribution in [0.15, 0.2) is 12.1 Å². The summed E-state index contributed by atoms with van der Waals surface area (Å²) in [7, 11) is 1.70. The predicted octanol–water partition coefficient (Wildman–Crippen LogP) is 3.48. The van der Waals surface area contributed by atoms with Gasteiger partial charge in [0.05, 0.1) is 7.11 Å². The molecule has 0 bridgehead atoms. The van der Waals surface area contributed by atoms with Crippen LogP contribution in [0.4, 0.5) is 0 Å². The third-order valence-corrected chi connectivity index (χ3v) is 2.64. The highest BCUT2D eigenvalue weighted by atomic mass is 32.1. The minimum absolute atomic E-state index is 0.0961. The summed E-state index contributed by atoms with van der Waals surface area (Å²) in [6.45, 7) is 8.35. The van der Waals surface area contributed by atoms with Gasteiger partial charge >= 0.3 is 0 Å². The van der Waals surface area contributed by atoms with Crippen molar-refractivity contribution in [2.45, 2.75) is 32.4 Å². The summed E-state index contributed by atoms with van der Waals surface area (Å²) in [5, 5.41) is 0. The second-order valence-corrected chi connectivity index (χ2v) is 5.31. The Kier molecular flexibility index (Phi) is 3.15. The molecule has 1 nitrogen and oxygen atoms in total. The fourth-order valence-corrected chi connectivity index (χ4v) is 1.91. The van der Waals surface area contributed by atoms with Gasteiger partial charge in [0.2, 0.25) is 0 Å². The maximum atomic E-state index is 5.27. The minimum atomic E-state index is -0.0961. The molecule has 0 aliphatic carbocycles. The molecule has 0 saturated heterocycles. The topological polar surface area (TPSA) is 9.23 Å². The summed E-state index contributed by atoms with van der Waals surface area (Å²) in [6, 6.07) is 4.23. The minimum Gasteiger partial charge on any atom is -0.496 e. The van der Waals surface area contributed by atoms with E-state index in [1.54, 1.807) is 7.11 Å². The number of hydrogen-bond acceptors (Lipinski definition) is 2. The van der Waals surface area contributed by atoms with Crippen LogP contribution in [0.3, 0.4) is 0 Å². The quantitative estimate of drug-likeness (QED) is 0.735. The van der Waals surface area contributed by atoms with Crippen molar-refractivity contribution >= 4 is 12.6 Å². The van der Waals surface area contributed by atoms with Crippen LogP contribution in [-0.2, 0) is 4.75 Å². The average Bonchev–Trinajstić information content (AvgIpc) is 2.06. The monoisotopic (exact) mass is 210 g/mol. The molecule has 0 aliphatic rings. The molecule has 0 atom stereocenters. The van der Waals surface area contributed by atoms with E-state index >= 15 is 0 Å². The average molecular weight is 210 g/mol. The Hall–Kier alpha value is -0.630. The van der Waals surface area contributed by atoms with Crippen LogP contribution in [0.1, 0.15) is 30.5 Å². The highest BCUT2D eigenvalue weighted by molar-refractivity contribution is 7.81. The molecule has 0 amide bonds. The summed E-state index contributed by atoms with van der Waals surface area (Å²) < 4.78 is 5.17. The molecule has 0 radical (unpaired) electrons. The summed E-state index contributed by atoms with van der Waals surface area (Å²) in [5.41, 5.74) is 3.65. The van der Waals surface area contributed by atoms with E-state index in [0.29, 0.717) is 0 Å². The number of rotatable bonds is 2. The van der Waals surface area contributed by atoms with Crippen LogP contribution in [0.5, 0.6) is 5.75 Å². The lowest BCUT2D eigenvalue weighted by molar-refractivity contribution is 0.411. The van der Waals surface area contributed by atoms with E-state index < -0.39 is 0 Å². The number of hydrogen-bond donors (Lipinski definition) is 1. The van der Waals surface area contributed by atoms with Gasteiger partial charge in [-0.05, 0) is 50.5 Å². The van der Waals surface area contributed by atoms with Gasteiger partial charge in [0.25, 0.3) is 0 Å². The smallest absolute Gasteiger partial charge is 0.122 e. The Bertz CT molecular complexity index is 337. The van der Waals surface area contributed by atoms with Crippen LogP contribution in [0, 0.1) is 13.8 Å². The van der Waals surface area contributed by atoms with Gasteiger partial charge in [0.15, 0.2) is 0 Å². The van der Waals surface area contributed by atoms with Gasteiger partial charge in [-0.25, -0.2) is 0 Å². The number of ether oxygens (including phenoxy) is 1. The SMILES string of the molecule is COc1cc(C)c(C(C)(C)S)cc1C. The van der Waals surface area contributed by atoms with Crippen molar-refractivity contribution in [1.29, 1.82) is 0 Å². The third kappa shape index (κ3) is 2.24. The van der Waals surface area contributed by atoms with E-state index in [1.165, 1.54) is 11.1 Å². The second kappa shape index (κ2) is 3.85. The molecular weight excluding hydrogens is 192 g/mol. The third-order valence-electron chi connectivity index (χ3n) is 2.40. The molecular formula is C12H18OS. The lowest BCUT2D eigenvalue weighted by atomic mass is 9.95. The van der Waals surface area contributed by atoms with Crippen molar-refractivity contribution in [1.82, 2.24) is 0 Å². The van der Waals surface area contributed by atoms with Crippen molar-refractivity contribution in [3.8, 4) is 5.75 Å². The first-order chi connectivity index (χ1) is 6.36. The molecule has 1 rings (SSSR count). The van der Waals surface area contributed by atoms with Crippen molar-refractivity contribution in [3.63, 3.8) is 0 Å². The second-order valence-electron chi connectivity index (χ2n) is 4.20. The normalized spacial score (nSPS) is 11.6. The van der Waals surface area contributed by atoms with Crippen molar-refractivity contribution in [3.05, 3.63) is 28.8 Å². The Balaban J connectivity index is 3.29. The molecule has 2 heteroatoms. The van der Waals surface area contributed by atoms with Crippen LogP contribution >= 0.6 is 12.6 Å². The van der Waals surface area contributed by atoms with Gasteiger partial charge in [-0.2, -0.15) is 12.6 Å². The molecule has 0 aliphatic heterocycles. The van der Waals surface area contributed by atoms with E-state index in [-0.39, 0.29) is 4.75 Å². The molecule has 1 aromatic carbocycles. The van der Waals surface area contributed by atoms with Crippen LogP contribution < -0.4 is 4.74 Å². The van der Waals surface area contributed by atoms with Gasteiger partial charge in [0.1, 0.15) is 5.75 Å². The zero-order valence-corrected chi connectivity index (χ0v) is 10.4. The van der Waals surface area contributed by atoms with Gasteiger partial charge in [-0.3, -0.25) is 0 Å². The van der Waals surface area contributed by atoms with Crippen LogP contribution in [0.2, 0.25) is 0 Å². The van der Waals surface area contributed by atoms with E-state index in [2.05, 4.69) is 52.5 Å². The first-order valence-corrected chi connectivity index (χ1v) is 5.19. The Morgan fingerprint density at radius 1 is 1.14 bits per heavy atom. The van der Waals surface area contributed by atoms with E-state index in [9.17, 15) is 0 Å². The highest BCUT2D eigenvalue weighted by Gasteiger charge is 2.18. The Morgan fingerprint density at radius 2 is 1.71 bits per heavy atom. The summed E-state index contributed by atoms with van der Waals surface area (Å²) >= 11 is 4.58. The first kappa shape index (κ1) is 11.4. The van der Waals surface area contributed by atoms with Crippen LogP contribution in [0.25, 0.3) is 0 Å². The molecule has 0 aromatic heterocycles. The summed E-state index contributed by atoms with van der Waals surface area (Å²) in [5.74, 6) is 0.948. The molecule has 0 spiro atoms. The fourth-order valence-electron chi connectivity index (χ4n) is 1.67. The predicted molar refractivity (Wildman–Crippen MR) is 64.5 cm³/mol. The molecule has 78 valence electrons. The van der Waals surface area contributed by atoms with Gasteiger partial charge in [-0.1, -0.05) is 6.07 Å². The summed E-state index contributed by atoms with van der Waals surface area (Å²) in [6.07, 6.45) is 0. The van der Waals surface area contributed by atoms with Crippen molar-refractivity contribution in [2.24, 2.45) is 0 Å². The molecule has 14 heavy (non-hydrogen) atoms. The zero-order chi connectivity index (χ0) is 10.9. The van der Waals surface area contributed by atoms with E-state index in [0.717, 1.165) is 11.3 Å². The maximum absolute atomic E-state index is 5.27. The van der Waals surface area contributed by atoms with Crippen molar-refractivity contribution < 1.29 is 4.74 Å². The number of aryl methyl sites for hydroxylation is 2. The van der Waals surface area contributed by atoms with E-state index in [4.69, 9.17) is 4.74 Å².